The molecular weight excluding hydrogens is 254 g/mol. The van der Waals surface area contributed by atoms with Gasteiger partial charge >= 0.3 is 12.0 Å². The van der Waals surface area contributed by atoms with Crippen molar-refractivity contribution in [3.05, 3.63) is 17.2 Å². The van der Waals surface area contributed by atoms with Crippen LogP contribution in [0, 0.1) is 0 Å². The molecule has 0 atom stereocenters. The van der Waals surface area contributed by atoms with E-state index < -0.39 is 5.97 Å². The van der Waals surface area contributed by atoms with E-state index in [0.717, 1.165) is 32.0 Å². The Labute approximate surface area is 108 Å². The Hall–Kier alpha value is -1.89. The van der Waals surface area contributed by atoms with E-state index in [4.69, 9.17) is 5.11 Å². The third-order valence-electron chi connectivity index (χ3n) is 2.52. The number of anilines is 1. The third kappa shape index (κ3) is 3.30. The number of carboxylic acids is 1. The maximum Gasteiger partial charge on any atom is 0.328 e. The molecule has 2 amide bonds. The number of rotatable bonds is 3. The zero-order chi connectivity index (χ0) is 13.0. The summed E-state index contributed by atoms with van der Waals surface area (Å²) in [6.45, 7) is 1.56. The van der Waals surface area contributed by atoms with E-state index in [1.54, 1.807) is 4.90 Å². The van der Waals surface area contributed by atoms with Gasteiger partial charge < -0.3 is 10.0 Å². The summed E-state index contributed by atoms with van der Waals surface area (Å²) in [6, 6.07) is -0.143. The summed E-state index contributed by atoms with van der Waals surface area (Å²) in [7, 11) is 0. The molecule has 1 aliphatic rings. The Balaban J connectivity index is 1.93. The third-order valence-corrected chi connectivity index (χ3v) is 3.40. The number of nitrogens with one attached hydrogen (secondary N) is 1. The lowest BCUT2D eigenvalue weighted by Crippen LogP contribution is -2.32. The van der Waals surface area contributed by atoms with Crippen LogP contribution in [0.1, 0.15) is 17.7 Å². The molecule has 2 N–H and O–H groups in total. The summed E-state index contributed by atoms with van der Waals surface area (Å²) in [5.41, 5.74) is 0. The van der Waals surface area contributed by atoms with E-state index in [0.29, 0.717) is 10.0 Å². The Morgan fingerprint density at radius 1 is 1.44 bits per heavy atom. The van der Waals surface area contributed by atoms with Crippen LogP contribution in [0.4, 0.5) is 9.93 Å². The van der Waals surface area contributed by atoms with Gasteiger partial charge in [-0.25, -0.2) is 14.6 Å². The number of aromatic nitrogens is 1. The summed E-state index contributed by atoms with van der Waals surface area (Å²) in [5.74, 6) is -1.01. The Bertz CT molecular complexity index is 478. The molecule has 0 bridgehead atoms. The van der Waals surface area contributed by atoms with Crippen molar-refractivity contribution in [2.75, 3.05) is 18.4 Å². The zero-order valence-corrected chi connectivity index (χ0v) is 10.4. The van der Waals surface area contributed by atoms with Crippen LogP contribution in [-0.2, 0) is 4.79 Å². The fraction of sp³-hybridized carbons (Fsp3) is 0.364. The largest absolute Gasteiger partial charge is 0.478 e. The molecule has 6 nitrogen and oxygen atoms in total. The smallest absolute Gasteiger partial charge is 0.328 e. The quantitative estimate of drug-likeness (QED) is 0.819. The number of urea groups is 1. The lowest BCUT2D eigenvalue weighted by atomic mass is 10.4. The molecule has 2 heterocycles. The number of nitrogens with zero attached hydrogens (tertiary/aromatic N) is 2. The average molecular weight is 267 g/mol. The SMILES string of the molecule is O=C(O)C=Cc1cnc(NC(=O)N2CCCC2)s1. The number of likely N-dealkylation sites (tertiary alicyclic amines) is 1. The number of thiazole rings is 1. The lowest BCUT2D eigenvalue weighted by Gasteiger charge is -2.14. The first-order valence-corrected chi connectivity index (χ1v) is 6.39. The number of carboxylic acid groups (broad SMARTS) is 1. The van der Waals surface area contributed by atoms with Gasteiger partial charge in [-0.1, -0.05) is 11.3 Å². The summed E-state index contributed by atoms with van der Waals surface area (Å²) >= 11 is 1.24. The van der Waals surface area contributed by atoms with Gasteiger partial charge in [0.1, 0.15) is 0 Å². The van der Waals surface area contributed by atoms with Gasteiger partial charge in [0, 0.05) is 30.2 Å². The minimum absolute atomic E-state index is 0.143. The Morgan fingerprint density at radius 3 is 2.83 bits per heavy atom. The van der Waals surface area contributed by atoms with E-state index in [1.165, 1.54) is 23.6 Å². The minimum atomic E-state index is -1.01. The molecule has 0 aliphatic carbocycles. The van der Waals surface area contributed by atoms with Crippen molar-refractivity contribution in [3.63, 3.8) is 0 Å². The summed E-state index contributed by atoms with van der Waals surface area (Å²) in [5, 5.41) is 11.7. The van der Waals surface area contributed by atoms with Crippen molar-refractivity contribution in [3.8, 4) is 0 Å². The number of hydrogen-bond acceptors (Lipinski definition) is 4. The predicted molar refractivity (Wildman–Crippen MR) is 68.6 cm³/mol. The van der Waals surface area contributed by atoms with Crippen LogP contribution < -0.4 is 5.32 Å². The summed E-state index contributed by atoms with van der Waals surface area (Å²) in [6.07, 6.45) is 6.10. The Kier molecular flexibility index (Phi) is 3.93. The standard InChI is InChI=1S/C11H13N3O3S/c15-9(16)4-3-8-7-12-10(18-8)13-11(17)14-5-1-2-6-14/h3-4,7H,1-2,5-6H2,(H,15,16)(H,12,13,17). The highest BCUT2D eigenvalue weighted by molar-refractivity contribution is 7.16. The van der Waals surface area contributed by atoms with E-state index in [2.05, 4.69) is 10.3 Å². The topological polar surface area (TPSA) is 82.5 Å². The van der Waals surface area contributed by atoms with Crippen molar-refractivity contribution in [1.29, 1.82) is 0 Å². The lowest BCUT2D eigenvalue weighted by molar-refractivity contribution is -0.131. The number of aliphatic carboxylic acids is 1. The molecule has 0 aromatic carbocycles. The Morgan fingerprint density at radius 2 is 2.17 bits per heavy atom. The van der Waals surface area contributed by atoms with Crippen LogP contribution >= 0.6 is 11.3 Å². The molecule has 96 valence electrons. The molecule has 1 saturated heterocycles. The van der Waals surface area contributed by atoms with Gasteiger partial charge in [-0.05, 0) is 18.9 Å². The first-order valence-electron chi connectivity index (χ1n) is 5.58. The van der Waals surface area contributed by atoms with E-state index in [9.17, 15) is 9.59 Å². The van der Waals surface area contributed by atoms with Gasteiger partial charge in [-0.3, -0.25) is 5.32 Å². The zero-order valence-electron chi connectivity index (χ0n) is 9.63. The highest BCUT2D eigenvalue weighted by atomic mass is 32.1. The van der Waals surface area contributed by atoms with Crippen LogP contribution in [0.15, 0.2) is 12.3 Å². The van der Waals surface area contributed by atoms with Gasteiger partial charge in [0.15, 0.2) is 5.13 Å². The van der Waals surface area contributed by atoms with Crippen LogP contribution in [0.3, 0.4) is 0 Å². The van der Waals surface area contributed by atoms with Crippen LogP contribution in [0.5, 0.6) is 0 Å². The van der Waals surface area contributed by atoms with E-state index in [-0.39, 0.29) is 6.03 Å². The monoisotopic (exact) mass is 267 g/mol. The maximum absolute atomic E-state index is 11.8. The van der Waals surface area contributed by atoms with Gasteiger partial charge in [0.2, 0.25) is 0 Å². The van der Waals surface area contributed by atoms with Crippen molar-refractivity contribution < 1.29 is 14.7 Å². The second-order valence-electron chi connectivity index (χ2n) is 3.86. The number of carbonyl (C=O) groups excluding carboxylic acids is 1. The van der Waals surface area contributed by atoms with Crippen molar-refractivity contribution in [2.45, 2.75) is 12.8 Å². The van der Waals surface area contributed by atoms with Crippen molar-refractivity contribution >= 4 is 34.5 Å². The summed E-state index contributed by atoms with van der Waals surface area (Å²) < 4.78 is 0. The second-order valence-corrected chi connectivity index (χ2v) is 4.93. The molecule has 0 spiro atoms. The molecule has 0 radical (unpaired) electrons. The highest BCUT2D eigenvalue weighted by Gasteiger charge is 2.18. The fourth-order valence-electron chi connectivity index (χ4n) is 1.67. The molecule has 18 heavy (non-hydrogen) atoms. The van der Waals surface area contributed by atoms with Gasteiger partial charge in [-0.2, -0.15) is 0 Å². The van der Waals surface area contributed by atoms with Crippen molar-refractivity contribution in [2.24, 2.45) is 0 Å². The van der Waals surface area contributed by atoms with Gasteiger partial charge in [0.25, 0.3) is 0 Å². The fourth-order valence-corrected chi connectivity index (χ4v) is 2.37. The maximum atomic E-state index is 11.8. The van der Waals surface area contributed by atoms with Crippen LogP contribution in [0.25, 0.3) is 6.08 Å². The van der Waals surface area contributed by atoms with Crippen molar-refractivity contribution in [1.82, 2.24) is 9.88 Å². The molecule has 1 aromatic heterocycles. The minimum Gasteiger partial charge on any atom is -0.478 e. The number of carbonyl (C=O) groups is 2. The molecular formula is C11H13N3O3S. The number of amides is 2. The first kappa shape index (κ1) is 12.6. The normalized spacial score (nSPS) is 15.2. The van der Waals surface area contributed by atoms with Crippen LogP contribution in [0.2, 0.25) is 0 Å². The number of hydrogen-bond donors (Lipinski definition) is 2. The predicted octanol–water partition coefficient (Wildman–Crippen LogP) is 1.87. The molecule has 1 aliphatic heterocycles. The molecule has 1 aromatic rings. The summed E-state index contributed by atoms with van der Waals surface area (Å²) in [4.78, 5) is 28.6. The van der Waals surface area contributed by atoms with Gasteiger partial charge in [-0.15, -0.1) is 0 Å². The second kappa shape index (κ2) is 5.63. The van der Waals surface area contributed by atoms with E-state index >= 15 is 0 Å². The first-order chi connectivity index (χ1) is 8.65. The average Bonchev–Trinajstić information content (AvgIpc) is 2.97. The molecule has 7 heteroatoms. The molecule has 0 unspecified atom stereocenters. The molecule has 0 saturated carbocycles. The molecule has 1 fully saturated rings. The van der Waals surface area contributed by atoms with E-state index in [1.807, 2.05) is 0 Å². The van der Waals surface area contributed by atoms with Gasteiger partial charge in [0.05, 0.1) is 0 Å². The molecule has 2 rings (SSSR count). The van der Waals surface area contributed by atoms with Crippen LogP contribution in [-0.4, -0.2) is 40.1 Å². The highest BCUT2D eigenvalue weighted by Crippen LogP contribution is 2.20.